The van der Waals surface area contributed by atoms with Gasteiger partial charge in [0.15, 0.2) is 0 Å². The van der Waals surface area contributed by atoms with E-state index in [-0.39, 0.29) is 5.60 Å². The van der Waals surface area contributed by atoms with Crippen LogP contribution in [0, 0.1) is 17.3 Å². The average Bonchev–Trinajstić information content (AvgIpc) is 2.65. The highest BCUT2D eigenvalue weighted by Gasteiger charge is 2.46. The SMILES string of the molecule is CC1(C)CCC(C2CC(C)(C)OC2CN)C1. The Morgan fingerprint density at radius 2 is 1.88 bits per heavy atom. The second kappa shape index (κ2) is 3.99. The maximum Gasteiger partial charge on any atom is 0.0736 e. The highest BCUT2D eigenvalue weighted by Crippen LogP contribution is 2.49. The van der Waals surface area contributed by atoms with Gasteiger partial charge < -0.3 is 10.5 Å². The Balaban J connectivity index is 2.04. The number of nitrogens with two attached hydrogens (primary N) is 1. The third-order valence-corrected chi connectivity index (χ3v) is 4.52. The molecule has 2 fully saturated rings. The molecule has 3 unspecified atom stereocenters. The summed E-state index contributed by atoms with van der Waals surface area (Å²) in [6, 6.07) is 0. The van der Waals surface area contributed by atoms with Crippen molar-refractivity contribution in [3.8, 4) is 0 Å². The van der Waals surface area contributed by atoms with Crippen LogP contribution in [0.1, 0.15) is 53.4 Å². The standard InChI is InChI=1S/C14H27NO/c1-13(2)6-5-10(7-13)11-8-14(3,4)16-12(11)9-15/h10-12H,5-9,15H2,1-4H3. The van der Waals surface area contributed by atoms with Crippen LogP contribution in [0.25, 0.3) is 0 Å². The van der Waals surface area contributed by atoms with E-state index < -0.39 is 0 Å². The second-order valence-corrected chi connectivity index (χ2v) is 7.19. The fourth-order valence-electron chi connectivity index (χ4n) is 3.79. The Hall–Kier alpha value is -0.0800. The van der Waals surface area contributed by atoms with Crippen molar-refractivity contribution < 1.29 is 4.74 Å². The van der Waals surface area contributed by atoms with Gasteiger partial charge in [-0.3, -0.25) is 0 Å². The van der Waals surface area contributed by atoms with E-state index in [1.54, 1.807) is 0 Å². The van der Waals surface area contributed by atoms with Crippen LogP contribution < -0.4 is 5.73 Å². The predicted molar refractivity (Wildman–Crippen MR) is 67.2 cm³/mol. The topological polar surface area (TPSA) is 35.2 Å². The van der Waals surface area contributed by atoms with Crippen LogP contribution >= 0.6 is 0 Å². The van der Waals surface area contributed by atoms with Gasteiger partial charge in [-0.2, -0.15) is 0 Å². The lowest BCUT2D eigenvalue weighted by atomic mass is 9.80. The molecular weight excluding hydrogens is 198 g/mol. The molecule has 2 rings (SSSR count). The van der Waals surface area contributed by atoms with E-state index in [9.17, 15) is 0 Å². The van der Waals surface area contributed by atoms with Gasteiger partial charge in [0.1, 0.15) is 0 Å². The molecule has 1 aliphatic carbocycles. The van der Waals surface area contributed by atoms with Crippen LogP contribution in [0.5, 0.6) is 0 Å². The minimum absolute atomic E-state index is 0.0431. The first-order chi connectivity index (χ1) is 7.33. The normalized spacial score (nSPS) is 41.4. The highest BCUT2D eigenvalue weighted by molar-refractivity contribution is 4.96. The average molecular weight is 225 g/mol. The van der Waals surface area contributed by atoms with Gasteiger partial charge >= 0.3 is 0 Å². The molecule has 0 spiro atoms. The molecule has 0 aromatic rings. The summed E-state index contributed by atoms with van der Waals surface area (Å²) in [5.41, 5.74) is 6.44. The molecular formula is C14H27NO. The largest absolute Gasteiger partial charge is 0.371 e. The first-order valence-electron chi connectivity index (χ1n) is 6.71. The van der Waals surface area contributed by atoms with Crippen molar-refractivity contribution >= 4 is 0 Å². The minimum atomic E-state index is 0.0431. The summed E-state index contributed by atoms with van der Waals surface area (Å²) in [6.45, 7) is 9.88. The van der Waals surface area contributed by atoms with E-state index >= 15 is 0 Å². The molecule has 2 nitrogen and oxygen atoms in total. The van der Waals surface area contributed by atoms with E-state index in [2.05, 4.69) is 27.7 Å². The maximum absolute atomic E-state index is 6.07. The van der Waals surface area contributed by atoms with Gasteiger partial charge in [-0.25, -0.2) is 0 Å². The fourth-order valence-corrected chi connectivity index (χ4v) is 3.79. The third-order valence-electron chi connectivity index (χ3n) is 4.52. The first-order valence-corrected chi connectivity index (χ1v) is 6.71. The third kappa shape index (κ3) is 2.43. The van der Waals surface area contributed by atoms with Crippen LogP contribution in [0.3, 0.4) is 0 Å². The highest BCUT2D eigenvalue weighted by atomic mass is 16.5. The lowest BCUT2D eigenvalue weighted by molar-refractivity contribution is -0.0197. The molecule has 3 atom stereocenters. The van der Waals surface area contributed by atoms with Crippen molar-refractivity contribution in [2.45, 2.75) is 65.1 Å². The molecule has 1 saturated heterocycles. The van der Waals surface area contributed by atoms with Crippen molar-refractivity contribution in [2.24, 2.45) is 23.0 Å². The van der Waals surface area contributed by atoms with Gasteiger partial charge in [-0.15, -0.1) is 0 Å². The summed E-state index contributed by atoms with van der Waals surface area (Å²) in [5.74, 6) is 1.53. The van der Waals surface area contributed by atoms with Gasteiger partial charge in [0.05, 0.1) is 11.7 Å². The zero-order valence-electron chi connectivity index (χ0n) is 11.3. The second-order valence-electron chi connectivity index (χ2n) is 7.19. The molecule has 0 aromatic heterocycles. The van der Waals surface area contributed by atoms with Gasteiger partial charge in [0.2, 0.25) is 0 Å². The Bertz CT molecular complexity index is 259. The van der Waals surface area contributed by atoms with Crippen LogP contribution in [-0.4, -0.2) is 18.2 Å². The van der Waals surface area contributed by atoms with Crippen molar-refractivity contribution in [3.63, 3.8) is 0 Å². The Morgan fingerprint density at radius 1 is 1.19 bits per heavy atom. The Kier molecular flexibility index (Phi) is 3.09. The zero-order valence-corrected chi connectivity index (χ0v) is 11.3. The maximum atomic E-state index is 6.07. The van der Waals surface area contributed by atoms with Gasteiger partial charge in [-0.1, -0.05) is 13.8 Å². The molecule has 2 N–H and O–H groups in total. The molecule has 0 bridgehead atoms. The van der Waals surface area contributed by atoms with Crippen LogP contribution in [0.2, 0.25) is 0 Å². The molecule has 0 amide bonds. The molecule has 1 heterocycles. The Morgan fingerprint density at radius 3 is 2.38 bits per heavy atom. The number of rotatable bonds is 2. The van der Waals surface area contributed by atoms with Crippen molar-refractivity contribution in [1.82, 2.24) is 0 Å². The quantitative estimate of drug-likeness (QED) is 0.784. The van der Waals surface area contributed by atoms with E-state index in [0.717, 1.165) is 5.92 Å². The van der Waals surface area contributed by atoms with E-state index in [0.29, 0.717) is 24.0 Å². The van der Waals surface area contributed by atoms with Crippen molar-refractivity contribution in [1.29, 1.82) is 0 Å². The molecule has 16 heavy (non-hydrogen) atoms. The summed E-state index contributed by atoms with van der Waals surface area (Å²) >= 11 is 0. The van der Waals surface area contributed by atoms with Crippen LogP contribution in [0.4, 0.5) is 0 Å². The first kappa shape index (κ1) is 12.4. The summed E-state index contributed by atoms with van der Waals surface area (Å²) in [5, 5.41) is 0. The molecule has 2 aliphatic rings. The van der Waals surface area contributed by atoms with Crippen LogP contribution in [-0.2, 0) is 4.74 Å². The van der Waals surface area contributed by atoms with Gasteiger partial charge in [0.25, 0.3) is 0 Å². The van der Waals surface area contributed by atoms with E-state index in [4.69, 9.17) is 10.5 Å². The summed E-state index contributed by atoms with van der Waals surface area (Å²) in [7, 11) is 0. The van der Waals surface area contributed by atoms with Crippen LogP contribution in [0.15, 0.2) is 0 Å². The molecule has 0 radical (unpaired) electrons. The van der Waals surface area contributed by atoms with Gasteiger partial charge in [-0.05, 0) is 56.8 Å². The summed E-state index contributed by atoms with van der Waals surface area (Å²) in [4.78, 5) is 0. The number of ether oxygens (including phenoxy) is 1. The molecule has 1 saturated carbocycles. The van der Waals surface area contributed by atoms with Crippen molar-refractivity contribution in [3.05, 3.63) is 0 Å². The molecule has 2 heteroatoms. The van der Waals surface area contributed by atoms with Gasteiger partial charge in [0, 0.05) is 6.54 Å². The van der Waals surface area contributed by atoms with Crippen molar-refractivity contribution in [2.75, 3.05) is 6.54 Å². The van der Waals surface area contributed by atoms with E-state index in [1.807, 2.05) is 0 Å². The summed E-state index contributed by atoms with van der Waals surface area (Å²) in [6.07, 6.45) is 5.58. The predicted octanol–water partition coefficient (Wildman–Crippen LogP) is 2.96. The lowest BCUT2D eigenvalue weighted by Crippen LogP contribution is -2.31. The number of hydrogen-bond acceptors (Lipinski definition) is 2. The smallest absolute Gasteiger partial charge is 0.0736 e. The van der Waals surface area contributed by atoms with E-state index in [1.165, 1.54) is 25.7 Å². The lowest BCUT2D eigenvalue weighted by Gasteiger charge is -2.24. The zero-order chi connectivity index (χ0) is 12.0. The molecule has 0 aromatic carbocycles. The number of hydrogen-bond donors (Lipinski definition) is 1. The monoisotopic (exact) mass is 225 g/mol. The fraction of sp³-hybridized carbons (Fsp3) is 1.00. The summed E-state index contributed by atoms with van der Waals surface area (Å²) < 4.78 is 6.07. The minimum Gasteiger partial charge on any atom is -0.371 e. The molecule has 94 valence electrons. The molecule has 1 aliphatic heterocycles. The Labute approximate surface area is 99.9 Å².